The van der Waals surface area contributed by atoms with Gasteiger partial charge in [0.05, 0.1) is 5.56 Å². The minimum Gasteiger partial charge on any atom is -0.459 e. The number of carbonyl (C=O) groups excluding carboxylic acids is 1. The molecule has 4 heteroatoms. The van der Waals surface area contributed by atoms with Gasteiger partial charge in [0, 0.05) is 30.6 Å². The summed E-state index contributed by atoms with van der Waals surface area (Å²) in [5, 5.41) is 0.617. The van der Waals surface area contributed by atoms with E-state index in [9.17, 15) is 4.79 Å². The fourth-order valence-corrected chi connectivity index (χ4v) is 3.21. The zero-order chi connectivity index (χ0) is 18.4. The normalized spacial score (nSPS) is 23.5. The molecule has 25 heavy (non-hydrogen) atoms. The molecule has 1 aliphatic heterocycles. The van der Waals surface area contributed by atoms with Crippen LogP contribution in [0.2, 0.25) is 5.02 Å². The van der Waals surface area contributed by atoms with Crippen molar-refractivity contribution in [3.05, 3.63) is 57.6 Å². The lowest BCUT2D eigenvalue weighted by Crippen LogP contribution is -2.19. The molecule has 0 unspecified atom stereocenters. The van der Waals surface area contributed by atoms with Crippen LogP contribution in [0.4, 0.5) is 0 Å². The molecule has 0 aliphatic carbocycles. The van der Waals surface area contributed by atoms with Crippen LogP contribution < -0.4 is 0 Å². The molecule has 3 nitrogen and oxygen atoms in total. The Bertz CT molecular complexity index is 732. The first kappa shape index (κ1) is 19.5. The number of cyclic esters (lactones) is 1. The lowest BCUT2D eigenvalue weighted by molar-refractivity contribution is 0.0346. The predicted octanol–water partition coefficient (Wildman–Crippen LogP) is 5.41. The van der Waals surface area contributed by atoms with Crippen molar-refractivity contribution in [1.82, 2.24) is 0 Å². The summed E-state index contributed by atoms with van der Waals surface area (Å²) in [5.41, 5.74) is 4.11. The summed E-state index contributed by atoms with van der Waals surface area (Å²) in [6.45, 7) is 5.80. The second-order valence-electron chi connectivity index (χ2n) is 6.47. The number of hydrogen-bond donors (Lipinski definition) is 0. The van der Waals surface area contributed by atoms with Gasteiger partial charge in [0.25, 0.3) is 0 Å². The fraction of sp³-hybridized carbons (Fsp3) is 0.429. The summed E-state index contributed by atoms with van der Waals surface area (Å²) in [6, 6.07) is 1.94. The Morgan fingerprint density at radius 1 is 1.16 bits per heavy atom. The van der Waals surface area contributed by atoms with E-state index in [-0.39, 0.29) is 12.1 Å². The maximum Gasteiger partial charge on any atom is 0.339 e. The standard InChI is InChI=1S/C21H26ClNO2/c1-14-12-15(2)20(22)18-13-17(23-4)11-9-7-5-6-8-10-16(3)25-21(24)19(14)18/h6,8-9,11-12,16H,5,7,10,13H2,1-4H3/b8-6+,11-9+,23-17-/t16-/m1/s1. The van der Waals surface area contributed by atoms with E-state index in [2.05, 4.69) is 23.2 Å². The van der Waals surface area contributed by atoms with Crippen molar-refractivity contribution in [2.75, 3.05) is 7.05 Å². The maximum atomic E-state index is 12.8. The number of nitrogens with zero attached hydrogens (tertiary/aromatic N) is 1. The molecule has 134 valence electrons. The molecule has 0 bridgehead atoms. The second-order valence-corrected chi connectivity index (χ2v) is 6.85. The fourth-order valence-electron chi connectivity index (χ4n) is 3.00. The Labute approximate surface area is 155 Å². The largest absolute Gasteiger partial charge is 0.459 e. The molecule has 1 atom stereocenters. The molecule has 0 radical (unpaired) electrons. The van der Waals surface area contributed by atoms with Crippen molar-refractivity contribution in [3.63, 3.8) is 0 Å². The minimum atomic E-state index is -0.313. The van der Waals surface area contributed by atoms with Gasteiger partial charge >= 0.3 is 5.97 Å². The highest BCUT2D eigenvalue weighted by Crippen LogP contribution is 2.29. The summed E-state index contributed by atoms with van der Waals surface area (Å²) in [4.78, 5) is 17.2. The van der Waals surface area contributed by atoms with Crippen LogP contribution in [0.1, 0.15) is 53.2 Å². The first-order valence-corrected chi connectivity index (χ1v) is 9.08. The molecule has 0 saturated heterocycles. The molecule has 1 aromatic rings. The predicted molar refractivity (Wildman–Crippen MR) is 105 cm³/mol. The molecule has 0 spiro atoms. The first-order chi connectivity index (χ1) is 11.9. The molecule has 0 N–H and O–H groups in total. The molecule has 0 saturated carbocycles. The van der Waals surface area contributed by atoms with Crippen LogP contribution in [0.15, 0.2) is 35.4 Å². The molecule has 1 aromatic carbocycles. The number of allylic oxidation sites excluding steroid dienone is 3. The number of benzene rings is 1. The maximum absolute atomic E-state index is 12.8. The average molecular weight is 360 g/mol. The van der Waals surface area contributed by atoms with Gasteiger partial charge in [-0.15, -0.1) is 0 Å². The monoisotopic (exact) mass is 359 g/mol. The van der Waals surface area contributed by atoms with E-state index in [0.717, 1.165) is 35.2 Å². The third-order valence-electron chi connectivity index (χ3n) is 4.34. The van der Waals surface area contributed by atoms with E-state index >= 15 is 0 Å². The number of aliphatic imine (C=N–C) groups is 1. The van der Waals surface area contributed by atoms with Gasteiger partial charge in [-0.3, -0.25) is 4.99 Å². The van der Waals surface area contributed by atoms with Gasteiger partial charge in [-0.05, 0) is 56.4 Å². The van der Waals surface area contributed by atoms with Crippen LogP contribution in [-0.4, -0.2) is 24.8 Å². The number of fused-ring (bicyclic) bond motifs is 1. The van der Waals surface area contributed by atoms with Crippen LogP contribution in [0.25, 0.3) is 0 Å². The molecular formula is C21H26ClNO2. The van der Waals surface area contributed by atoms with Gasteiger partial charge < -0.3 is 4.74 Å². The van der Waals surface area contributed by atoms with Gasteiger partial charge in [-0.2, -0.15) is 0 Å². The molecular weight excluding hydrogens is 334 g/mol. The highest BCUT2D eigenvalue weighted by atomic mass is 35.5. The third kappa shape index (κ3) is 5.05. The van der Waals surface area contributed by atoms with Crippen LogP contribution in [0.3, 0.4) is 0 Å². The molecule has 1 aliphatic rings. The van der Waals surface area contributed by atoms with Crippen LogP contribution in [-0.2, 0) is 11.2 Å². The number of esters is 1. The topological polar surface area (TPSA) is 38.7 Å². The van der Waals surface area contributed by atoms with E-state index in [1.807, 2.05) is 32.9 Å². The van der Waals surface area contributed by atoms with Crippen molar-refractivity contribution < 1.29 is 9.53 Å². The van der Waals surface area contributed by atoms with Crippen molar-refractivity contribution in [1.29, 1.82) is 0 Å². The third-order valence-corrected chi connectivity index (χ3v) is 4.87. The quantitative estimate of drug-likeness (QED) is 0.458. The van der Waals surface area contributed by atoms with Crippen molar-refractivity contribution >= 4 is 23.3 Å². The second kappa shape index (κ2) is 9.00. The molecule has 1 heterocycles. The van der Waals surface area contributed by atoms with Gasteiger partial charge in [-0.25, -0.2) is 4.79 Å². The molecule has 0 aromatic heterocycles. The summed E-state index contributed by atoms with van der Waals surface area (Å²) in [6.07, 6.45) is 11.3. The van der Waals surface area contributed by atoms with E-state index in [1.54, 1.807) is 7.05 Å². The van der Waals surface area contributed by atoms with Crippen LogP contribution >= 0.6 is 11.6 Å². The van der Waals surface area contributed by atoms with E-state index < -0.39 is 0 Å². The zero-order valence-corrected chi connectivity index (χ0v) is 16.2. The summed E-state index contributed by atoms with van der Waals surface area (Å²) < 4.78 is 5.66. The van der Waals surface area contributed by atoms with Crippen LogP contribution in [0.5, 0.6) is 0 Å². The van der Waals surface area contributed by atoms with Gasteiger partial charge in [0.15, 0.2) is 0 Å². The smallest absolute Gasteiger partial charge is 0.339 e. The number of rotatable bonds is 0. The van der Waals surface area contributed by atoms with Gasteiger partial charge in [0.2, 0.25) is 0 Å². The molecule has 0 fully saturated rings. The summed E-state index contributed by atoms with van der Waals surface area (Å²) in [5.74, 6) is -0.313. The van der Waals surface area contributed by atoms with E-state index in [0.29, 0.717) is 23.4 Å². The summed E-state index contributed by atoms with van der Waals surface area (Å²) >= 11 is 6.56. The average Bonchev–Trinajstić information content (AvgIpc) is 2.56. The van der Waals surface area contributed by atoms with Crippen LogP contribution in [0, 0.1) is 13.8 Å². The van der Waals surface area contributed by atoms with E-state index in [4.69, 9.17) is 16.3 Å². The van der Waals surface area contributed by atoms with Gasteiger partial charge in [-0.1, -0.05) is 35.9 Å². The molecule has 0 amide bonds. The van der Waals surface area contributed by atoms with Crippen molar-refractivity contribution in [2.45, 2.75) is 52.6 Å². The minimum absolute atomic E-state index is 0.172. The van der Waals surface area contributed by atoms with Crippen molar-refractivity contribution in [2.24, 2.45) is 4.99 Å². The summed E-state index contributed by atoms with van der Waals surface area (Å²) in [7, 11) is 1.76. The highest BCUT2D eigenvalue weighted by Gasteiger charge is 2.22. The number of carbonyl (C=O) groups is 1. The lowest BCUT2D eigenvalue weighted by Gasteiger charge is -2.18. The van der Waals surface area contributed by atoms with Crippen molar-refractivity contribution in [3.8, 4) is 0 Å². The SMILES string of the molecule is C/N=C1/C=C/CC/C=C/C[C@@H](C)OC(=O)c2c(C)cc(C)c(Cl)c2C1. The number of ether oxygens (including phenoxy) is 1. The van der Waals surface area contributed by atoms with Gasteiger partial charge in [0.1, 0.15) is 6.10 Å². The Kier molecular flexibility index (Phi) is 7.01. The Hall–Kier alpha value is -1.87. The Morgan fingerprint density at radius 2 is 1.88 bits per heavy atom. The zero-order valence-electron chi connectivity index (χ0n) is 15.4. The lowest BCUT2D eigenvalue weighted by atomic mass is 9.94. The van der Waals surface area contributed by atoms with E-state index in [1.165, 1.54) is 0 Å². The number of halogens is 1. The molecule has 2 rings (SSSR count). The Balaban J connectivity index is 2.54. The number of aryl methyl sites for hydroxylation is 2. The first-order valence-electron chi connectivity index (χ1n) is 8.70. The Morgan fingerprint density at radius 3 is 2.60 bits per heavy atom. The number of hydrogen-bond acceptors (Lipinski definition) is 3. The highest BCUT2D eigenvalue weighted by molar-refractivity contribution is 6.33.